The quantitative estimate of drug-likeness (QED) is 0.714. The molecule has 1 aromatic carbocycles. The Morgan fingerprint density at radius 3 is 2.89 bits per heavy atom. The largest absolute Gasteiger partial charge is 0.337 e. The highest BCUT2D eigenvalue weighted by Crippen LogP contribution is 2.35. The Bertz CT molecular complexity index is 712. The average Bonchev–Trinajstić information content (AvgIpc) is 2.93. The van der Waals surface area contributed by atoms with E-state index in [0.717, 1.165) is 38.7 Å². The summed E-state index contributed by atoms with van der Waals surface area (Å²) in [5.74, 6) is 0.862. The lowest BCUT2D eigenvalue weighted by Crippen LogP contribution is -1.78. The van der Waals surface area contributed by atoms with E-state index in [9.17, 15) is 0 Å². The Morgan fingerprint density at radius 2 is 2.22 bits per heavy atom. The highest BCUT2D eigenvalue weighted by molar-refractivity contribution is 7.14. The molecule has 0 radical (unpaired) electrons. The van der Waals surface area contributed by atoms with Crippen molar-refractivity contribution < 1.29 is 0 Å². The molecule has 0 unspecified atom stereocenters. The van der Waals surface area contributed by atoms with Gasteiger partial charge in [0.15, 0.2) is 0 Å². The van der Waals surface area contributed by atoms with Crippen molar-refractivity contribution in [3.63, 3.8) is 0 Å². The maximum absolute atomic E-state index is 6.28. The molecule has 0 aliphatic heterocycles. The van der Waals surface area contributed by atoms with E-state index in [1.165, 1.54) is 5.56 Å². The van der Waals surface area contributed by atoms with Gasteiger partial charge in [-0.25, -0.2) is 4.98 Å². The normalized spacial score (nSPS) is 11.3. The molecule has 3 rings (SSSR count). The van der Waals surface area contributed by atoms with E-state index in [0.29, 0.717) is 0 Å². The molecule has 4 heteroatoms. The second kappa shape index (κ2) is 4.41. The average molecular weight is 277 g/mol. The lowest BCUT2D eigenvalue weighted by Gasteiger charge is -1.94. The number of H-pyrrole nitrogens is 1. The predicted molar refractivity (Wildman–Crippen MR) is 78.5 cm³/mol. The van der Waals surface area contributed by atoms with Crippen LogP contribution in [0.4, 0.5) is 0 Å². The Hall–Kier alpha value is -1.32. The van der Waals surface area contributed by atoms with Crippen LogP contribution in [-0.2, 0) is 6.42 Å². The van der Waals surface area contributed by atoms with Crippen LogP contribution in [0.1, 0.15) is 18.1 Å². The number of imidazole rings is 1. The number of rotatable bonds is 2. The summed E-state index contributed by atoms with van der Waals surface area (Å²) in [6.45, 7) is 4.16. The molecule has 18 heavy (non-hydrogen) atoms. The number of aryl methyl sites for hydroxylation is 2. The van der Waals surface area contributed by atoms with E-state index < -0.39 is 0 Å². The van der Waals surface area contributed by atoms with E-state index in [2.05, 4.69) is 40.5 Å². The van der Waals surface area contributed by atoms with Gasteiger partial charge in [0, 0.05) is 0 Å². The molecular formula is C14H13ClN2S. The second-order valence-electron chi connectivity index (χ2n) is 4.35. The first-order chi connectivity index (χ1) is 8.69. The Kier molecular flexibility index (Phi) is 2.88. The second-order valence-corrected chi connectivity index (χ2v) is 5.61. The highest BCUT2D eigenvalue weighted by atomic mass is 35.5. The number of hydrogen-bond donors (Lipinski definition) is 1. The van der Waals surface area contributed by atoms with Crippen LogP contribution in [0.25, 0.3) is 21.7 Å². The molecule has 0 aliphatic carbocycles. The van der Waals surface area contributed by atoms with E-state index in [1.807, 2.05) is 6.92 Å². The number of aromatic amines is 1. The number of halogens is 1. The third-order valence-electron chi connectivity index (χ3n) is 3.07. The van der Waals surface area contributed by atoms with Gasteiger partial charge in [-0.2, -0.15) is 0 Å². The van der Waals surface area contributed by atoms with Crippen LogP contribution in [0.3, 0.4) is 0 Å². The summed E-state index contributed by atoms with van der Waals surface area (Å²) in [6, 6.07) is 6.33. The Labute approximate surface area is 115 Å². The van der Waals surface area contributed by atoms with E-state index in [4.69, 9.17) is 11.6 Å². The maximum Gasteiger partial charge on any atom is 0.150 e. The molecule has 3 aromatic rings. The zero-order valence-electron chi connectivity index (χ0n) is 10.2. The lowest BCUT2D eigenvalue weighted by atomic mass is 10.1. The van der Waals surface area contributed by atoms with Crippen LogP contribution in [0.15, 0.2) is 23.6 Å². The van der Waals surface area contributed by atoms with Crippen molar-refractivity contribution >= 4 is 34.0 Å². The molecule has 2 aromatic heterocycles. The number of aromatic nitrogens is 2. The van der Waals surface area contributed by atoms with Crippen molar-refractivity contribution in [1.82, 2.24) is 9.97 Å². The molecule has 0 saturated carbocycles. The molecule has 0 aliphatic rings. The first-order valence-electron chi connectivity index (χ1n) is 5.91. The molecule has 0 atom stereocenters. The molecule has 92 valence electrons. The molecule has 2 heterocycles. The molecule has 0 saturated heterocycles. The first-order valence-corrected chi connectivity index (χ1v) is 7.17. The minimum Gasteiger partial charge on any atom is -0.337 e. The lowest BCUT2D eigenvalue weighted by molar-refractivity contribution is 1.14. The van der Waals surface area contributed by atoms with Crippen LogP contribution in [0, 0.1) is 6.92 Å². The number of nitrogens with zero attached hydrogens (tertiary/aromatic N) is 1. The fourth-order valence-corrected chi connectivity index (χ4v) is 3.20. The van der Waals surface area contributed by atoms with Gasteiger partial charge in [-0.3, -0.25) is 0 Å². The van der Waals surface area contributed by atoms with Crippen molar-refractivity contribution in [2.75, 3.05) is 0 Å². The van der Waals surface area contributed by atoms with E-state index in [1.54, 1.807) is 11.3 Å². The third kappa shape index (κ3) is 1.84. The molecule has 0 spiro atoms. The summed E-state index contributed by atoms with van der Waals surface area (Å²) >= 11 is 7.91. The summed E-state index contributed by atoms with van der Waals surface area (Å²) in [5.41, 5.74) is 4.48. The van der Waals surface area contributed by atoms with Gasteiger partial charge in [0.2, 0.25) is 0 Å². The van der Waals surface area contributed by atoms with Gasteiger partial charge in [0.25, 0.3) is 0 Å². The van der Waals surface area contributed by atoms with Gasteiger partial charge in [0.1, 0.15) is 5.82 Å². The SMILES string of the molecule is CCc1ccc2nc(-c3scc(C)c3Cl)[nH]c2c1. The number of hydrogen-bond acceptors (Lipinski definition) is 2. The summed E-state index contributed by atoms with van der Waals surface area (Å²) < 4.78 is 0. The Balaban J connectivity index is 2.16. The fraction of sp³-hybridized carbons (Fsp3) is 0.214. The van der Waals surface area contributed by atoms with E-state index >= 15 is 0 Å². The van der Waals surface area contributed by atoms with Crippen molar-refractivity contribution in [3.8, 4) is 10.7 Å². The van der Waals surface area contributed by atoms with Crippen LogP contribution in [0.2, 0.25) is 5.02 Å². The van der Waals surface area contributed by atoms with Gasteiger partial charge in [-0.05, 0) is 42.0 Å². The number of benzene rings is 1. The molecule has 0 amide bonds. The topological polar surface area (TPSA) is 28.7 Å². The van der Waals surface area contributed by atoms with Crippen LogP contribution in [-0.4, -0.2) is 9.97 Å². The summed E-state index contributed by atoms with van der Waals surface area (Å²) in [6.07, 6.45) is 1.03. The smallest absolute Gasteiger partial charge is 0.150 e. The van der Waals surface area contributed by atoms with E-state index in [-0.39, 0.29) is 0 Å². The standard InChI is InChI=1S/C14H13ClN2S/c1-3-9-4-5-10-11(6-9)17-14(16-10)13-12(15)8(2)7-18-13/h4-7H,3H2,1-2H3,(H,16,17). The van der Waals surface area contributed by atoms with Crippen LogP contribution >= 0.6 is 22.9 Å². The number of nitrogens with one attached hydrogen (secondary N) is 1. The fourth-order valence-electron chi connectivity index (χ4n) is 1.97. The monoisotopic (exact) mass is 276 g/mol. The van der Waals surface area contributed by atoms with Crippen molar-refractivity contribution in [2.24, 2.45) is 0 Å². The minimum absolute atomic E-state index is 0.801. The van der Waals surface area contributed by atoms with Crippen LogP contribution < -0.4 is 0 Å². The van der Waals surface area contributed by atoms with Crippen molar-refractivity contribution in [2.45, 2.75) is 20.3 Å². The predicted octanol–water partition coefficient (Wildman–Crippen LogP) is 4.82. The highest BCUT2D eigenvalue weighted by Gasteiger charge is 2.12. The molecule has 0 fully saturated rings. The number of fused-ring (bicyclic) bond motifs is 1. The van der Waals surface area contributed by atoms with Gasteiger partial charge in [-0.1, -0.05) is 24.6 Å². The van der Waals surface area contributed by atoms with Gasteiger partial charge < -0.3 is 4.98 Å². The first kappa shape index (κ1) is 11.8. The zero-order valence-corrected chi connectivity index (χ0v) is 11.8. The van der Waals surface area contributed by atoms with Gasteiger partial charge >= 0.3 is 0 Å². The number of thiophene rings is 1. The zero-order chi connectivity index (χ0) is 12.7. The summed E-state index contributed by atoms with van der Waals surface area (Å²) in [7, 11) is 0. The minimum atomic E-state index is 0.801. The van der Waals surface area contributed by atoms with Crippen LogP contribution in [0.5, 0.6) is 0 Å². The van der Waals surface area contributed by atoms with Gasteiger partial charge in [0.05, 0.1) is 20.9 Å². The van der Waals surface area contributed by atoms with Gasteiger partial charge in [-0.15, -0.1) is 11.3 Å². The van der Waals surface area contributed by atoms with Crippen molar-refractivity contribution in [1.29, 1.82) is 0 Å². The molecule has 0 bridgehead atoms. The molecular weight excluding hydrogens is 264 g/mol. The third-order valence-corrected chi connectivity index (χ3v) is 4.77. The summed E-state index contributed by atoms with van der Waals surface area (Å²) in [4.78, 5) is 8.98. The maximum atomic E-state index is 6.28. The Morgan fingerprint density at radius 1 is 1.39 bits per heavy atom. The molecule has 2 nitrogen and oxygen atoms in total. The summed E-state index contributed by atoms with van der Waals surface area (Å²) in [5, 5.41) is 2.86. The molecule has 1 N–H and O–H groups in total. The van der Waals surface area contributed by atoms with Crippen molar-refractivity contribution in [3.05, 3.63) is 39.7 Å².